The van der Waals surface area contributed by atoms with Crippen LogP contribution in [0.15, 0.2) is 42.5 Å². The molecule has 1 amide bonds. The van der Waals surface area contributed by atoms with Gasteiger partial charge in [-0.3, -0.25) is 4.79 Å². The number of halogens is 3. The van der Waals surface area contributed by atoms with Gasteiger partial charge >= 0.3 is 6.18 Å². The third-order valence-electron chi connectivity index (χ3n) is 5.03. The van der Waals surface area contributed by atoms with Crippen LogP contribution in [-0.4, -0.2) is 11.4 Å². The van der Waals surface area contributed by atoms with Crippen molar-refractivity contribution >= 4 is 17.3 Å². The van der Waals surface area contributed by atoms with E-state index >= 15 is 0 Å². The molecular formula is C21H20F3N3O. The van der Waals surface area contributed by atoms with Gasteiger partial charge in [0.1, 0.15) is 5.54 Å². The molecule has 0 aliphatic heterocycles. The van der Waals surface area contributed by atoms with Crippen molar-refractivity contribution in [3.05, 3.63) is 59.2 Å². The Balaban J connectivity index is 1.85. The second kappa shape index (κ2) is 7.55. The topological polar surface area (TPSA) is 64.9 Å². The highest BCUT2D eigenvalue weighted by Crippen LogP contribution is 2.36. The van der Waals surface area contributed by atoms with Crippen molar-refractivity contribution in [1.29, 1.82) is 5.26 Å². The van der Waals surface area contributed by atoms with Crippen LogP contribution in [0.5, 0.6) is 0 Å². The SMILES string of the molecule is Cc1ccc(NC2(C(=O)Nc3ccc(C#N)c(C(F)(F)F)c3)CCCC2)cc1. The van der Waals surface area contributed by atoms with Gasteiger partial charge in [0.2, 0.25) is 5.91 Å². The van der Waals surface area contributed by atoms with Gasteiger partial charge in [0.25, 0.3) is 0 Å². The first-order valence-corrected chi connectivity index (χ1v) is 9.01. The largest absolute Gasteiger partial charge is 0.417 e. The van der Waals surface area contributed by atoms with E-state index in [0.29, 0.717) is 12.8 Å². The third kappa shape index (κ3) is 4.11. The summed E-state index contributed by atoms with van der Waals surface area (Å²) < 4.78 is 39.5. The van der Waals surface area contributed by atoms with Gasteiger partial charge in [0.05, 0.1) is 17.2 Å². The summed E-state index contributed by atoms with van der Waals surface area (Å²) in [5, 5.41) is 14.8. The molecule has 146 valence electrons. The molecule has 0 saturated heterocycles. The molecule has 2 aromatic carbocycles. The zero-order chi connectivity index (χ0) is 20.4. The van der Waals surface area contributed by atoms with E-state index in [-0.39, 0.29) is 11.6 Å². The Hall–Kier alpha value is -3.01. The van der Waals surface area contributed by atoms with E-state index in [0.717, 1.165) is 36.2 Å². The summed E-state index contributed by atoms with van der Waals surface area (Å²) in [6, 6.07) is 12.4. The number of carbonyl (C=O) groups is 1. The molecule has 0 heterocycles. The molecular weight excluding hydrogens is 367 g/mol. The predicted molar refractivity (Wildman–Crippen MR) is 101 cm³/mol. The van der Waals surface area contributed by atoms with Crippen molar-refractivity contribution in [3.8, 4) is 6.07 Å². The quantitative estimate of drug-likeness (QED) is 0.753. The average Bonchev–Trinajstić information content (AvgIpc) is 3.13. The lowest BCUT2D eigenvalue weighted by Gasteiger charge is -2.30. The summed E-state index contributed by atoms with van der Waals surface area (Å²) in [7, 11) is 0. The van der Waals surface area contributed by atoms with Gasteiger partial charge in [0, 0.05) is 11.4 Å². The predicted octanol–water partition coefficient (Wildman–Crippen LogP) is 5.25. The number of anilines is 2. The molecule has 0 bridgehead atoms. The molecule has 2 aromatic rings. The van der Waals surface area contributed by atoms with E-state index in [1.54, 1.807) is 0 Å². The lowest BCUT2D eigenvalue weighted by atomic mass is 9.95. The molecule has 0 spiro atoms. The molecule has 0 unspecified atom stereocenters. The van der Waals surface area contributed by atoms with Crippen molar-refractivity contribution in [2.24, 2.45) is 0 Å². The first-order valence-electron chi connectivity index (χ1n) is 9.01. The van der Waals surface area contributed by atoms with Gasteiger partial charge in [-0.15, -0.1) is 0 Å². The van der Waals surface area contributed by atoms with E-state index in [9.17, 15) is 18.0 Å². The summed E-state index contributed by atoms with van der Waals surface area (Å²) in [4.78, 5) is 13.0. The van der Waals surface area contributed by atoms with Crippen LogP contribution in [0.4, 0.5) is 24.5 Å². The van der Waals surface area contributed by atoms with Crippen molar-refractivity contribution in [3.63, 3.8) is 0 Å². The summed E-state index contributed by atoms with van der Waals surface area (Å²) in [5.41, 5.74) is -0.500. The maximum absolute atomic E-state index is 13.2. The van der Waals surface area contributed by atoms with Crippen molar-refractivity contribution < 1.29 is 18.0 Å². The number of benzene rings is 2. The molecule has 0 radical (unpaired) electrons. The van der Waals surface area contributed by atoms with Crippen LogP contribution < -0.4 is 10.6 Å². The molecule has 1 aliphatic rings. The molecule has 7 heteroatoms. The highest BCUT2D eigenvalue weighted by molar-refractivity contribution is 6.00. The van der Waals surface area contributed by atoms with E-state index < -0.39 is 22.8 Å². The third-order valence-corrected chi connectivity index (χ3v) is 5.03. The van der Waals surface area contributed by atoms with Gasteiger partial charge in [-0.1, -0.05) is 30.5 Å². The molecule has 3 rings (SSSR count). The molecule has 2 N–H and O–H groups in total. The summed E-state index contributed by atoms with van der Waals surface area (Å²) in [6.07, 6.45) is -1.78. The van der Waals surface area contributed by atoms with Crippen LogP contribution in [0, 0.1) is 18.3 Å². The van der Waals surface area contributed by atoms with E-state index in [1.807, 2.05) is 31.2 Å². The van der Waals surface area contributed by atoms with Crippen LogP contribution in [0.2, 0.25) is 0 Å². The number of aryl methyl sites for hydroxylation is 1. The van der Waals surface area contributed by atoms with Crippen LogP contribution in [0.1, 0.15) is 42.4 Å². The zero-order valence-corrected chi connectivity index (χ0v) is 15.4. The number of alkyl halides is 3. The Morgan fingerprint density at radius 1 is 1.07 bits per heavy atom. The number of hydrogen-bond donors (Lipinski definition) is 2. The lowest BCUT2D eigenvalue weighted by molar-refractivity contribution is -0.137. The Morgan fingerprint density at radius 2 is 1.68 bits per heavy atom. The average molecular weight is 387 g/mol. The monoisotopic (exact) mass is 387 g/mol. The Kier molecular flexibility index (Phi) is 5.32. The number of nitrogens with one attached hydrogen (secondary N) is 2. The smallest absolute Gasteiger partial charge is 0.371 e. The fraction of sp³-hybridized carbons (Fsp3) is 0.333. The number of hydrogen-bond acceptors (Lipinski definition) is 3. The van der Waals surface area contributed by atoms with Gasteiger partial charge in [-0.2, -0.15) is 18.4 Å². The molecule has 1 fully saturated rings. The maximum atomic E-state index is 13.2. The maximum Gasteiger partial charge on any atom is 0.417 e. The Bertz CT molecular complexity index is 908. The van der Waals surface area contributed by atoms with Crippen molar-refractivity contribution in [2.75, 3.05) is 10.6 Å². The number of carbonyl (C=O) groups excluding carboxylic acids is 1. The Labute approximate surface area is 161 Å². The number of amides is 1. The number of nitriles is 1. The van der Waals surface area contributed by atoms with Gasteiger partial charge in [-0.05, 0) is 50.1 Å². The zero-order valence-electron chi connectivity index (χ0n) is 15.4. The van der Waals surface area contributed by atoms with Crippen LogP contribution in [0.25, 0.3) is 0 Å². The minimum atomic E-state index is -4.67. The van der Waals surface area contributed by atoms with E-state index in [2.05, 4.69) is 10.6 Å². The fourth-order valence-corrected chi connectivity index (χ4v) is 3.51. The van der Waals surface area contributed by atoms with Crippen LogP contribution in [0.3, 0.4) is 0 Å². The van der Waals surface area contributed by atoms with Crippen molar-refractivity contribution in [1.82, 2.24) is 0 Å². The van der Waals surface area contributed by atoms with Crippen LogP contribution in [-0.2, 0) is 11.0 Å². The summed E-state index contributed by atoms with van der Waals surface area (Å²) >= 11 is 0. The lowest BCUT2D eigenvalue weighted by Crippen LogP contribution is -2.47. The highest BCUT2D eigenvalue weighted by atomic mass is 19.4. The van der Waals surface area contributed by atoms with Crippen molar-refractivity contribution in [2.45, 2.75) is 44.3 Å². The van der Waals surface area contributed by atoms with E-state index in [4.69, 9.17) is 5.26 Å². The normalized spacial score (nSPS) is 15.7. The summed E-state index contributed by atoms with van der Waals surface area (Å²) in [5.74, 6) is -0.372. The second-order valence-electron chi connectivity index (χ2n) is 7.10. The minimum absolute atomic E-state index is 0.0216. The minimum Gasteiger partial charge on any atom is -0.371 e. The first-order chi connectivity index (χ1) is 13.2. The number of nitrogens with zero attached hydrogens (tertiary/aromatic N) is 1. The first kappa shape index (κ1) is 19.7. The molecule has 28 heavy (non-hydrogen) atoms. The second-order valence-corrected chi connectivity index (χ2v) is 7.10. The molecule has 1 aliphatic carbocycles. The Morgan fingerprint density at radius 3 is 2.25 bits per heavy atom. The molecule has 0 atom stereocenters. The highest BCUT2D eigenvalue weighted by Gasteiger charge is 2.41. The van der Waals surface area contributed by atoms with Gasteiger partial charge in [0.15, 0.2) is 0 Å². The standard InChI is InChI=1S/C21H20F3N3O/c1-14-4-7-16(8-5-14)27-20(10-2-3-11-20)19(28)26-17-9-6-15(13-25)18(12-17)21(22,23)24/h4-9,12,27H,2-3,10-11H2,1H3,(H,26,28). The molecule has 1 saturated carbocycles. The summed E-state index contributed by atoms with van der Waals surface area (Å²) in [6.45, 7) is 1.96. The van der Waals surface area contributed by atoms with Crippen LogP contribution >= 0.6 is 0 Å². The van der Waals surface area contributed by atoms with Gasteiger partial charge in [-0.25, -0.2) is 0 Å². The van der Waals surface area contributed by atoms with E-state index in [1.165, 1.54) is 12.1 Å². The molecule has 4 nitrogen and oxygen atoms in total. The molecule has 0 aromatic heterocycles. The van der Waals surface area contributed by atoms with Gasteiger partial charge < -0.3 is 10.6 Å². The number of rotatable bonds is 4. The fourth-order valence-electron chi connectivity index (χ4n) is 3.51.